The van der Waals surface area contributed by atoms with E-state index in [0.29, 0.717) is 5.71 Å². The molecule has 1 aromatic carbocycles. The van der Waals surface area contributed by atoms with E-state index in [1.54, 1.807) is 6.92 Å². The van der Waals surface area contributed by atoms with Gasteiger partial charge in [0.2, 0.25) is 0 Å². The predicted octanol–water partition coefficient (Wildman–Crippen LogP) is 3.71. The Balaban J connectivity index is 2.37. The fourth-order valence-electron chi connectivity index (χ4n) is 1.52. The predicted molar refractivity (Wildman–Crippen MR) is 82.1 cm³/mol. The van der Waals surface area contributed by atoms with Gasteiger partial charge in [-0.3, -0.25) is 10.2 Å². The maximum absolute atomic E-state index is 13.5. The van der Waals surface area contributed by atoms with Gasteiger partial charge in [0.1, 0.15) is 16.5 Å². The molecule has 110 valence electrons. The van der Waals surface area contributed by atoms with Gasteiger partial charge in [-0.15, -0.1) is 0 Å². The number of anilines is 1. The molecule has 0 spiro atoms. The van der Waals surface area contributed by atoms with Crippen molar-refractivity contribution in [2.24, 2.45) is 5.10 Å². The van der Waals surface area contributed by atoms with Gasteiger partial charge in [-0.1, -0.05) is 34.8 Å². The van der Waals surface area contributed by atoms with E-state index in [0.717, 1.165) is 6.07 Å². The number of hydrogen-bond acceptors (Lipinski definition) is 4. The summed E-state index contributed by atoms with van der Waals surface area (Å²) in [5.41, 5.74) is 2.77. The summed E-state index contributed by atoms with van der Waals surface area (Å²) >= 11 is 17.6. The Morgan fingerprint density at radius 3 is 2.76 bits per heavy atom. The smallest absolute Gasteiger partial charge is 0.275 e. The molecule has 0 amide bonds. The molecule has 0 aliphatic heterocycles. The maximum atomic E-state index is 13.5. The molecule has 0 radical (unpaired) electrons. The molecule has 0 unspecified atom stereocenters. The first-order valence-corrected chi connectivity index (χ1v) is 6.72. The summed E-state index contributed by atoms with van der Waals surface area (Å²) in [5, 5.41) is 9.74. The molecule has 2 rings (SSSR count). The third-order valence-electron chi connectivity index (χ3n) is 2.55. The average molecular weight is 350 g/mol. The van der Waals surface area contributed by atoms with Crippen molar-refractivity contribution in [1.29, 1.82) is 0 Å². The Morgan fingerprint density at radius 1 is 1.33 bits per heavy atom. The Labute approximate surface area is 133 Å². The number of aromatic nitrogens is 2. The van der Waals surface area contributed by atoms with Crippen LogP contribution in [0.5, 0.6) is 0 Å². The number of hydrogen-bond donors (Lipinski definition) is 2. The number of hydrazone groups is 1. The summed E-state index contributed by atoms with van der Waals surface area (Å²) in [5.74, 6) is -0.610. The summed E-state index contributed by atoms with van der Waals surface area (Å²) in [7, 11) is 0. The number of rotatable bonds is 3. The Hall–Kier alpha value is -1.63. The number of aromatic amines is 1. The van der Waals surface area contributed by atoms with E-state index < -0.39 is 11.4 Å². The minimum Gasteiger partial charge on any atom is -0.275 e. The minimum atomic E-state index is -0.610. The third kappa shape index (κ3) is 3.34. The van der Waals surface area contributed by atoms with Gasteiger partial charge in [-0.05, 0) is 19.1 Å². The van der Waals surface area contributed by atoms with Gasteiger partial charge in [0.05, 0.1) is 22.0 Å². The van der Waals surface area contributed by atoms with Crippen LogP contribution >= 0.6 is 34.8 Å². The second-order valence-electron chi connectivity index (χ2n) is 3.95. The number of nitrogens with one attached hydrogen (secondary N) is 2. The van der Waals surface area contributed by atoms with Crippen LogP contribution in [0.2, 0.25) is 15.1 Å². The summed E-state index contributed by atoms with van der Waals surface area (Å²) < 4.78 is 13.5. The highest BCUT2D eigenvalue weighted by atomic mass is 35.5. The summed E-state index contributed by atoms with van der Waals surface area (Å²) in [6.07, 6.45) is 1.29. The van der Waals surface area contributed by atoms with Crippen LogP contribution in [0.1, 0.15) is 12.5 Å². The summed E-state index contributed by atoms with van der Waals surface area (Å²) in [4.78, 5) is 11.3. The van der Waals surface area contributed by atoms with Crippen LogP contribution < -0.4 is 11.0 Å². The van der Waals surface area contributed by atoms with Crippen LogP contribution in [-0.4, -0.2) is 15.9 Å². The lowest BCUT2D eigenvalue weighted by Crippen LogP contribution is -2.11. The third-order valence-corrected chi connectivity index (χ3v) is 3.61. The molecule has 0 saturated heterocycles. The van der Waals surface area contributed by atoms with Crippen molar-refractivity contribution in [3.05, 3.63) is 55.1 Å². The molecule has 1 heterocycles. The van der Waals surface area contributed by atoms with E-state index >= 15 is 0 Å². The molecule has 9 heteroatoms. The molecule has 21 heavy (non-hydrogen) atoms. The van der Waals surface area contributed by atoms with Gasteiger partial charge in [0.15, 0.2) is 0 Å². The lowest BCUT2D eigenvalue weighted by Gasteiger charge is -2.08. The topological polar surface area (TPSA) is 70.1 Å². The molecule has 5 nitrogen and oxygen atoms in total. The second-order valence-corrected chi connectivity index (χ2v) is 5.12. The monoisotopic (exact) mass is 348 g/mol. The highest BCUT2D eigenvalue weighted by Crippen LogP contribution is 2.28. The zero-order valence-corrected chi connectivity index (χ0v) is 12.8. The number of benzene rings is 1. The van der Waals surface area contributed by atoms with Crippen molar-refractivity contribution in [2.45, 2.75) is 6.92 Å². The molecule has 0 bridgehead atoms. The van der Waals surface area contributed by atoms with Gasteiger partial charge in [-0.25, -0.2) is 9.49 Å². The van der Waals surface area contributed by atoms with Gasteiger partial charge >= 0.3 is 0 Å². The molecular weight excluding hydrogens is 342 g/mol. The van der Waals surface area contributed by atoms with E-state index in [-0.39, 0.29) is 26.3 Å². The minimum absolute atomic E-state index is 0.0991. The van der Waals surface area contributed by atoms with Crippen molar-refractivity contribution < 1.29 is 4.39 Å². The van der Waals surface area contributed by atoms with E-state index in [9.17, 15) is 9.18 Å². The summed E-state index contributed by atoms with van der Waals surface area (Å²) in [6, 6.07) is 2.53. The van der Waals surface area contributed by atoms with E-state index in [1.165, 1.54) is 12.3 Å². The van der Waals surface area contributed by atoms with E-state index in [4.69, 9.17) is 34.8 Å². The Kier molecular flexibility index (Phi) is 4.82. The lowest BCUT2D eigenvalue weighted by molar-refractivity contribution is 0.628. The van der Waals surface area contributed by atoms with Crippen molar-refractivity contribution in [1.82, 2.24) is 10.2 Å². The lowest BCUT2D eigenvalue weighted by atomic mass is 10.1. The van der Waals surface area contributed by atoms with Crippen LogP contribution in [0.25, 0.3) is 0 Å². The number of nitrogens with zero attached hydrogens (tertiary/aromatic N) is 2. The zero-order valence-electron chi connectivity index (χ0n) is 10.5. The number of H-pyrrole nitrogens is 1. The van der Waals surface area contributed by atoms with E-state index in [1.807, 2.05) is 0 Å². The molecule has 0 atom stereocenters. The molecule has 0 aliphatic rings. The Bertz CT molecular complexity index is 776. The molecule has 0 saturated carbocycles. The summed E-state index contributed by atoms with van der Waals surface area (Å²) in [6.45, 7) is 1.58. The molecular formula is C12H8Cl3FN4O. The fourth-order valence-corrected chi connectivity index (χ4v) is 2.30. The maximum Gasteiger partial charge on any atom is 0.285 e. The average Bonchev–Trinajstić information content (AvgIpc) is 2.45. The standard InChI is InChI=1S/C12H8Cl3FN4O/c1-5(9-6(13)2-3-7(16)10(9)14)18-19-8-4-17-20-12(21)11(8)15/h2-4H,1H3,(H2,19,20,21)/b18-5-. The first kappa shape index (κ1) is 15.8. The van der Waals surface area contributed by atoms with Crippen LogP contribution in [-0.2, 0) is 0 Å². The van der Waals surface area contributed by atoms with Gasteiger partial charge in [0.25, 0.3) is 5.56 Å². The van der Waals surface area contributed by atoms with Crippen LogP contribution in [0.3, 0.4) is 0 Å². The molecule has 0 aliphatic carbocycles. The highest BCUT2D eigenvalue weighted by Gasteiger charge is 2.13. The van der Waals surface area contributed by atoms with Gasteiger partial charge in [0, 0.05) is 5.56 Å². The van der Waals surface area contributed by atoms with Crippen LogP contribution in [0.4, 0.5) is 10.1 Å². The van der Waals surface area contributed by atoms with E-state index in [2.05, 4.69) is 20.7 Å². The molecule has 1 aromatic heterocycles. The van der Waals surface area contributed by atoms with Crippen molar-refractivity contribution >= 4 is 46.2 Å². The quantitative estimate of drug-likeness (QED) is 0.504. The SMILES string of the molecule is C/C(=N/Nc1cn[nH]c(=O)c1Cl)c1c(Cl)ccc(F)c1Cl. The first-order valence-electron chi connectivity index (χ1n) is 5.59. The van der Waals surface area contributed by atoms with Crippen molar-refractivity contribution in [3.8, 4) is 0 Å². The van der Waals surface area contributed by atoms with Gasteiger partial charge < -0.3 is 0 Å². The molecule has 2 N–H and O–H groups in total. The second kappa shape index (κ2) is 6.43. The molecule has 2 aromatic rings. The van der Waals surface area contributed by atoms with Crippen LogP contribution in [0, 0.1) is 5.82 Å². The van der Waals surface area contributed by atoms with Crippen LogP contribution in [0.15, 0.2) is 28.2 Å². The fraction of sp³-hybridized carbons (Fsp3) is 0.0833. The van der Waals surface area contributed by atoms with Crippen molar-refractivity contribution in [3.63, 3.8) is 0 Å². The molecule has 0 fully saturated rings. The van der Waals surface area contributed by atoms with Gasteiger partial charge in [-0.2, -0.15) is 10.2 Å². The van der Waals surface area contributed by atoms with Crippen molar-refractivity contribution in [2.75, 3.05) is 5.43 Å². The Morgan fingerprint density at radius 2 is 2.05 bits per heavy atom. The highest BCUT2D eigenvalue weighted by molar-refractivity contribution is 6.40. The zero-order chi connectivity index (χ0) is 15.6. The first-order chi connectivity index (χ1) is 9.91. The normalized spacial score (nSPS) is 11.6. The largest absolute Gasteiger partial charge is 0.285 e. The number of halogens is 4.